The standard InChI is InChI=1S/C26H33F3N8O5/c1-25(2,3)42-24(41)34-17-12-37(13-17)18-8-14(26(27,28)29)7-16(9-18)32-21-19(20(30)38)10-31-22(35-21)36-6-4-5-15(11-36)33-23(39)40/h7-10,15,17,33H,4-6,11-13H2,1-3H3,(H2,30,38)(H,34,41)(H,39,40)(H,31,32,35)/t15-/m0/s1. The summed E-state index contributed by atoms with van der Waals surface area (Å²) >= 11 is 0. The number of piperidine rings is 1. The number of rotatable bonds is 7. The molecule has 6 N–H and O–H groups in total. The number of amides is 3. The topological polar surface area (TPSA) is 175 Å². The maximum atomic E-state index is 13.8. The van der Waals surface area contributed by atoms with Crippen LogP contribution in [0, 0.1) is 0 Å². The largest absolute Gasteiger partial charge is 0.465 e. The molecule has 0 unspecified atom stereocenters. The van der Waals surface area contributed by atoms with Crippen LogP contribution in [0.3, 0.4) is 0 Å². The molecule has 3 amide bonds. The number of halogens is 3. The highest BCUT2D eigenvalue weighted by atomic mass is 19.4. The Morgan fingerprint density at radius 2 is 1.74 bits per heavy atom. The molecule has 42 heavy (non-hydrogen) atoms. The van der Waals surface area contributed by atoms with Gasteiger partial charge in [0.1, 0.15) is 17.0 Å². The van der Waals surface area contributed by atoms with Gasteiger partial charge in [-0.15, -0.1) is 0 Å². The van der Waals surface area contributed by atoms with Gasteiger partial charge in [-0.25, -0.2) is 14.6 Å². The number of hydrogen-bond donors (Lipinski definition) is 5. The number of carbonyl (C=O) groups is 3. The van der Waals surface area contributed by atoms with Gasteiger partial charge in [0, 0.05) is 49.8 Å². The van der Waals surface area contributed by atoms with Gasteiger partial charge in [0.15, 0.2) is 0 Å². The van der Waals surface area contributed by atoms with Gasteiger partial charge in [-0.1, -0.05) is 0 Å². The Balaban J connectivity index is 1.56. The summed E-state index contributed by atoms with van der Waals surface area (Å²) in [5.74, 6) is -0.830. The fourth-order valence-electron chi connectivity index (χ4n) is 4.67. The number of primary amides is 1. The van der Waals surface area contributed by atoms with Gasteiger partial charge < -0.3 is 41.3 Å². The minimum absolute atomic E-state index is 0.000379. The lowest BCUT2D eigenvalue weighted by Gasteiger charge is -2.41. The summed E-state index contributed by atoms with van der Waals surface area (Å²) in [5, 5.41) is 17.0. The van der Waals surface area contributed by atoms with E-state index in [1.807, 2.05) is 0 Å². The summed E-state index contributed by atoms with van der Waals surface area (Å²) in [6.07, 6.45) is -4.01. The van der Waals surface area contributed by atoms with Crippen molar-refractivity contribution in [3.63, 3.8) is 0 Å². The Labute approximate surface area is 239 Å². The van der Waals surface area contributed by atoms with E-state index in [1.54, 1.807) is 30.6 Å². The van der Waals surface area contributed by atoms with E-state index in [-0.39, 0.29) is 60.4 Å². The van der Waals surface area contributed by atoms with E-state index < -0.39 is 35.4 Å². The quantitative estimate of drug-likeness (QED) is 0.320. The third-order valence-electron chi connectivity index (χ3n) is 6.55. The maximum absolute atomic E-state index is 13.8. The molecule has 2 aliphatic heterocycles. The summed E-state index contributed by atoms with van der Waals surface area (Å²) in [7, 11) is 0. The van der Waals surface area contributed by atoms with Crippen LogP contribution in [-0.2, 0) is 10.9 Å². The van der Waals surface area contributed by atoms with Gasteiger partial charge in [0.05, 0.1) is 11.6 Å². The molecule has 228 valence electrons. The first-order chi connectivity index (χ1) is 19.6. The van der Waals surface area contributed by atoms with E-state index in [2.05, 4.69) is 25.9 Å². The van der Waals surface area contributed by atoms with Crippen LogP contribution in [0.15, 0.2) is 24.4 Å². The molecule has 1 aromatic heterocycles. The molecule has 2 saturated heterocycles. The Morgan fingerprint density at radius 3 is 2.36 bits per heavy atom. The van der Waals surface area contributed by atoms with E-state index in [1.165, 1.54) is 12.3 Å². The molecule has 0 spiro atoms. The second-order valence-electron chi connectivity index (χ2n) is 11.2. The molecule has 2 aliphatic rings. The van der Waals surface area contributed by atoms with Crippen molar-refractivity contribution >= 4 is 41.2 Å². The summed E-state index contributed by atoms with van der Waals surface area (Å²) in [4.78, 5) is 47.2. The second kappa shape index (κ2) is 11.8. The summed E-state index contributed by atoms with van der Waals surface area (Å²) in [6.45, 7) is 6.45. The molecule has 13 nitrogen and oxygen atoms in total. The fourth-order valence-corrected chi connectivity index (χ4v) is 4.67. The number of nitrogens with one attached hydrogen (secondary N) is 3. The number of carboxylic acid groups (broad SMARTS) is 1. The van der Waals surface area contributed by atoms with E-state index in [9.17, 15) is 27.6 Å². The lowest BCUT2D eigenvalue weighted by Crippen LogP contribution is -2.60. The average molecular weight is 595 g/mol. The smallest absolute Gasteiger partial charge is 0.416 e. The van der Waals surface area contributed by atoms with Crippen molar-refractivity contribution in [2.45, 2.75) is 57.5 Å². The number of aromatic nitrogens is 2. The second-order valence-corrected chi connectivity index (χ2v) is 11.2. The van der Waals surface area contributed by atoms with Crippen molar-refractivity contribution in [3.05, 3.63) is 35.5 Å². The van der Waals surface area contributed by atoms with Crippen LogP contribution in [0.4, 0.5) is 45.9 Å². The monoisotopic (exact) mass is 594 g/mol. The van der Waals surface area contributed by atoms with E-state index >= 15 is 0 Å². The number of alkyl halides is 3. The summed E-state index contributed by atoms with van der Waals surface area (Å²) < 4.78 is 46.8. The van der Waals surface area contributed by atoms with Crippen molar-refractivity contribution in [1.29, 1.82) is 0 Å². The number of alkyl carbamates (subject to hydrolysis) is 1. The molecule has 0 saturated carbocycles. The number of carbonyl (C=O) groups excluding carboxylic acids is 2. The molecular formula is C26H33F3N8O5. The van der Waals surface area contributed by atoms with Crippen LogP contribution in [0.5, 0.6) is 0 Å². The molecular weight excluding hydrogens is 561 g/mol. The van der Waals surface area contributed by atoms with Crippen molar-refractivity contribution in [2.24, 2.45) is 5.73 Å². The number of benzene rings is 1. The van der Waals surface area contributed by atoms with Crippen molar-refractivity contribution in [3.8, 4) is 0 Å². The van der Waals surface area contributed by atoms with Crippen molar-refractivity contribution in [1.82, 2.24) is 20.6 Å². The van der Waals surface area contributed by atoms with Crippen LogP contribution in [-0.4, -0.2) is 77.0 Å². The minimum atomic E-state index is -4.67. The van der Waals surface area contributed by atoms with E-state index in [0.29, 0.717) is 19.4 Å². The van der Waals surface area contributed by atoms with Crippen LogP contribution in [0.25, 0.3) is 0 Å². The summed E-state index contributed by atoms with van der Waals surface area (Å²) in [6, 6.07) is 2.67. The first-order valence-corrected chi connectivity index (χ1v) is 13.2. The van der Waals surface area contributed by atoms with Crippen LogP contribution in [0.1, 0.15) is 49.5 Å². The van der Waals surface area contributed by atoms with E-state index in [0.717, 1.165) is 12.1 Å². The highest BCUT2D eigenvalue weighted by molar-refractivity contribution is 5.98. The Bertz CT molecular complexity index is 1340. The van der Waals surface area contributed by atoms with Gasteiger partial charge in [0.25, 0.3) is 5.91 Å². The molecule has 1 aromatic carbocycles. The summed E-state index contributed by atoms with van der Waals surface area (Å²) in [5.41, 5.74) is 3.97. The van der Waals surface area contributed by atoms with Gasteiger partial charge >= 0.3 is 18.4 Å². The van der Waals surface area contributed by atoms with E-state index in [4.69, 9.17) is 15.6 Å². The Kier molecular flexibility index (Phi) is 8.54. The zero-order chi connectivity index (χ0) is 30.8. The third kappa shape index (κ3) is 7.82. The van der Waals surface area contributed by atoms with Crippen LogP contribution >= 0.6 is 0 Å². The van der Waals surface area contributed by atoms with Gasteiger partial charge in [-0.2, -0.15) is 18.2 Å². The SMILES string of the molecule is CC(C)(C)OC(=O)NC1CN(c2cc(Nc3nc(N4CCC[C@H](NC(=O)O)C4)ncc3C(N)=O)cc(C(F)(F)F)c2)C1. The Hall–Kier alpha value is -4.50. The number of nitrogens with two attached hydrogens (primary N) is 1. The molecule has 4 rings (SSSR count). The molecule has 0 bridgehead atoms. The van der Waals surface area contributed by atoms with Gasteiger partial charge in [0.2, 0.25) is 5.95 Å². The molecule has 2 aromatic rings. The number of hydrogen-bond acceptors (Lipinski definition) is 9. The normalized spacial score (nSPS) is 17.7. The lowest BCUT2D eigenvalue weighted by atomic mass is 10.1. The van der Waals surface area contributed by atoms with Gasteiger partial charge in [-0.05, 0) is 51.8 Å². The molecule has 1 atom stereocenters. The average Bonchev–Trinajstić information content (AvgIpc) is 2.83. The highest BCUT2D eigenvalue weighted by Crippen LogP contribution is 2.37. The first-order valence-electron chi connectivity index (χ1n) is 13.2. The van der Waals surface area contributed by atoms with Gasteiger partial charge in [-0.3, -0.25) is 4.79 Å². The molecule has 0 radical (unpaired) electrons. The Morgan fingerprint density at radius 1 is 1.05 bits per heavy atom. The minimum Gasteiger partial charge on any atom is -0.465 e. The molecule has 0 aliphatic carbocycles. The highest BCUT2D eigenvalue weighted by Gasteiger charge is 2.35. The number of ether oxygens (including phenoxy) is 1. The molecule has 3 heterocycles. The van der Waals surface area contributed by atoms with Crippen LogP contribution in [0.2, 0.25) is 0 Å². The number of anilines is 4. The zero-order valence-corrected chi connectivity index (χ0v) is 23.3. The van der Waals surface area contributed by atoms with Crippen molar-refractivity contribution in [2.75, 3.05) is 41.3 Å². The number of nitrogens with zero attached hydrogens (tertiary/aromatic N) is 4. The molecule has 16 heteroatoms. The fraction of sp³-hybridized carbons (Fsp3) is 0.500. The lowest BCUT2D eigenvalue weighted by molar-refractivity contribution is -0.137. The zero-order valence-electron chi connectivity index (χ0n) is 23.3. The maximum Gasteiger partial charge on any atom is 0.416 e. The molecule has 2 fully saturated rings. The predicted octanol–water partition coefficient (Wildman–Crippen LogP) is 3.29. The first kappa shape index (κ1) is 30.5. The third-order valence-corrected chi connectivity index (χ3v) is 6.55. The van der Waals surface area contributed by atoms with Crippen molar-refractivity contribution < 1.29 is 37.4 Å². The van der Waals surface area contributed by atoms with Crippen LogP contribution < -0.4 is 31.5 Å². The predicted molar refractivity (Wildman–Crippen MR) is 147 cm³/mol.